The maximum atomic E-state index is 9.78. The highest BCUT2D eigenvalue weighted by Gasteiger charge is 2.19. The van der Waals surface area contributed by atoms with E-state index in [1.54, 1.807) is 32.0 Å². The maximum absolute atomic E-state index is 9.78. The van der Waals surface area contributed by atoms with Gasteiger partial charge in [0.15, 0.2) is 5.69 Å². The molecule has 3 nitrogen and oxygen atoms in total. The second-order valence-corrected chi connectivity index (χ2v) is 3.67. The van der Waals surface area contributed by atoms with E-state index in [2.05, 4.69) is 4.85 Å². The van der Waals surface area contributed by atoms with E-state index >= 15 is 0 Å². The molecule has 74 valence electrons. The summed E-state index contributed by atoms with van der Waals surface area (Å²) in [4.78, 5) is 3.26. The van der Waals surface area contributed by atoms with E-state index in [-0.39, 0.29) is 6.61 Å². The fourth-order valence-electron chi connectivity index (χ4n) is 1.38. The molecule has 0 aromatic heterocycles. The quantitative estimate of drug-likeness (QED) is 0.702. The molecule has 1 aromatic rings. The van der Waals surface area contributed by atoms with Crippen LogP contribution in [-0.4, -0.2) is 10.2 Å². The van der Waals surface area contributed by atoms with Crippen molar-refractivity contribution in [3.05, 3.63) is 40.7 Å². The van der Waals surface area contributed by atoms with Gasteiger partial charge in [-0.15, -0.1) is 0 Å². The summed E-state index contributed by atoms with van der Waals surface area (Å²) in [6.45, 7) is 9.96. The van der Waals surface area contributed by atoms with E-state index in [0.717, 1.165) is 0 Å². The zero-order valence-electron chi connectivity index (χ0n) is 8.28. The van der Waals surface area contributed by atoms with E-state index in [1.807, 2.05) is 0 Å². The molecule has 0 fully saturated rings. The van der Waals surface area contributed by atoms with Crippen molar-refractivity contribution in [3.8, 4) is 0 Å². The second kappa shape index (κ2) is 3.79. The Morgan fingerprint density at radius 2 is 2.07 bits per heavy atom. The van der Waals surface area contributed by atoms with Crippen molar-refractivity contribution in [3.63, 3.8) is 0 Å². The lowest BCUT2D eigenvalue weighted by Gasteiger charge is -2.21. The summed E-state index contributed by atoms with van der Waals surface area (Å²) in [6.07, 6.45) is 0. The highest BCUT2D eigenvalue weighted by atomic mass is 16.3. The molecule has 0 radical (unpaired) electrons. The molecule has 0 amide bonds. The molecule has 1 aromatic carbocycles. The molecule has 0 unspecified atom stereocenters. The number of aliphatic hydroxyl groups is 2. The smallest absolute Gasteiger partial charge is 0.187 e. The average Bonchev–Trinajstić information content (AvgIpc) is 2.15. The number of benzene rings is 1. The van der Waals surface area contributed by atoms with Crippen molar-refractivity contribution in [2.75, 3.05) is 0 Å². The Kier molecular flexibility index (Phi) is 2.90. The molecule has 0 bridgehead atoms. The van der Waals surface area contributed by atoms with Gasteiger partial charge in [-0.1, -0.05) is 18.2 Å². The minimum atomic E-state index is -0.987. The molecule has 0 aliphatic carbocycles. The number of rotatable bonds is 2. The molecule has 0 aliphatic heterocycles. The molecule has 0 saturated carbocycles. The Balaban J connectivity index is 3.27. The molecule has 1 rings (SSSR count). The third kappa shape index (κ3) is 2.11. The lowest BCUT2D eigenvalue weighted by Crippen LogP contribution is -2.17. The predicted molar refractivity (Wildman–Crippen MR) is 53.9 cm³/mol. The van der Waals surface area contributed by atoms with Crippen LogP contribution in [0.4, 0.5) is 5.69 Å². The monoisotopic (exact) mass is 191 g/mol. The van der Waals surface area contributed by atoms with Crippen LogP contribution in [0.15, 0.2) is 18.2 Å². The van der Waals surface area contributed by atoms with Gasteiger partial charge >= 0.3 is 0 Å². The summed E-state index contributed by atoms with van der Waals surface area (Å²) in [5.41, 5.74) is 0.749. The minimum Gasteiger partial charge on any atom is -0.392 e. The molecular formula is C11H13NO2. The van der Waals surface area contributed by atoms with E-state index in [1.165, 1.54) is 0 Å². The standard InChI is InChI=1S/C11H13NO2/c1-11(2,14)10-5-4-9(12-3)6-8(10)7-13/h4-6,13-14H,7H2,1-2H3. The minimum absolute atomic E-state index is 0.164. The summed E-state index contributed by atoms with van der Waals surface area (Å²) in [5, 5.41) is 18.9. The Hall–Kier alpha value is -1.37. The first-order chi connectivity index (χ1) is 6.49. The average molecular weight is 191 g/mol. The van der Waals surface area contributed by atoms with Crippen LogP contribution in [0.3, 0.4) is 0 Å². The molecule has 0 aliphatic rings. The number of aliphatic hydroxyl groups excluding tert-OH is 1. The highest BCUT2D eigenvalue weighted by molar-refractivity contribution is 5.50. The Labute approximate surface area is 83.4 Å². The SMILES string of the molecule is [C-]#[N+]c1ccc(C(C)(C)O)c(CO)c1. The molecule has 0 heterocycles. The molecule has 14 heavy (non-hydrogen) atoms. The van der Waals surface area contributed by atoms with Crippen molar-refractivity contribution in [2.45, 2.75) is 26.1 Å². The fourth-order valence-corrected chi connectivity index (χ4v) is 1.38. The lowest BCUT2D eigenvalue weighted by atomic mass is 9.93. The number of hydrogen-bond donors (Lipinski definition) is 2. The molecule has 3 heteroatoms. The van der Waals surface area contributed by atoms with Crippen LogP contribution in [0.1, 0.15) is 25.0 Å². The van der Waals surface area contributed by atoms with Crippen LogP contribution in [-0.2, 0) is 12.2 Å². The summed E-state index contributed by atoms with van der Waals surface area (Å²) in [7, 11) is 0. The zero-order valence-corrected chi connectivity index (χ0v) is 8.28. The first kappa shape index (κ1) is 10.7. The molecule has 2 N–H and O–H groups in total. The van der Waals surface area contributed by atoms with Crippen molar-refractivity contribution in [1.29, 1.82) is 0 Å². The summed E-state index contributed by atoms with van der Waals surface area (Å²) in [5.74, 6) is 0. The molecule has 0 atom stereocenters. The lowest BCUT2D eigenvalue weighted by molar-refractivity contribution is 0.0760. The number of hydrogen-bond acceptors (Lipinski definition) is 2. The van der Waals surface area contributed by atoms with Crippen LogP contribution in [0.5, 0.6) is 0 Å². The van der Waals surface area contributed by atoms with Gasteiger partial charge < -0.3 is 10.2 Å². The summed E-state index contributed by atoms with van der Waals surface area (Å²) < 4.78 is 0. The normalized spacial score (nSPS) is 11.1. The van der Waals surface area contributed by atoms with Gasteiger partial charge in [0.2, 0.25) is 0 Å². The Bertz CT molecular complexity index is 372. The third-order valence-electron chi connectivity index (χ3n) is 2.05. The van der Waals surface area contributed by atoms with Gasteiger partial charge in [0.25, 0.3) is 0 Å². The first-order valence-electron chi connectivity index (χ1n) is 4.33. The van der Waals surface area contributed by atoms with Crippen LogP contribution < -0.4 is 0 Å². The van der Waals surface area contributed by atoms with E-state index in [9.17, 15) is 5.11 Å². The van der Waals surface area contributed by atoms with Gasteiger partial charge in [-0.25, -0.2) is 4.85 Å². The van der Waals surface area contributed by atoms with Gasteiger partial charge in [-0.05, 0) is 25.0 Å². The van der Waals surface area contributed by atoms with E-state index < -0.39 is 5.60 Å². The number of nitrogens with zero attached hydrogens (tertiary/aromatic N) is 1. The molecular weight excluding hydrogens is 178 g/mol. The van der Waals surface area contributed by atoms with Gasteiger partial charge in [0, 0.05) is 0 Å². The predicted octanol–water partition coefficient (Wildman–Crippen LogP) is 1.96. The van der Waals surface area contributed by atoms with Crippen LogP contribution in [0, 0.1) is 6.57 Å². The van der Waals surface area contributed by atoms with Crippen molar-refractivity contribution >= 4 is 5.69 Å². The first-order valence-corrected chi connectivity index (χ1v) is 4.33. The maximum Gasteiger partial charge on any atom is 0.187 e. The van der Waals surface area contributed by atoms with Gasteiger partial charge in [-0.3, -0.25) is 0 Å². The van der Waals surface area contributed by atoms with Crippen molar-refractivity contribution in [2.24, 2.45) is 0 Å². The molecule has 0 saturated heterocycles. The van der Waals surface area contributed by atoms with Gasteiger partial charge in [0.05, 0.1) is 18.8 Å². The van der Waals surface area contributed by atoms with Crippen molar-refractivity contribution in [1.82, 2.24) is 0 Å². The molecule has 0 spiro atoms. The van der Waals surface area contributed by atoms with Crippen LogP contribution in [0.2, 0.25) is 0 Å². The summed E-state index contributed by atoms with van der Waals surface area (Å²) >= 11 is 0. The van der Waals surface area contributed by atoms with Crippen LogP contribution >= 0.6 is 0 Å². The van der Waals surface area contributed by atoms with Crippen LogP contribution in [0.25, 0.3) is 4.85 Å². The Morgan fingerprint density at radius 1 is 1.43 bits per heavy atom. The Morgan fingerprint density at radius 3 is 2.50 bits per heavy atom. The van der Waals surface area contributed by atoms with Gasteiger partial charge in [0.1, 0.15) is 0 Å². The van der Waals surface area contributed by atoms with E-state index in [4.69, 9.17) is 11.7 Å². The van der Waals surface area contributed by atoms with E-state index in [0.29, 0.717) is 16.8 Å². The van der Waals surface area contributed by atoms with Crippen molar-refractivity contribution < 1.29 is 10.2 Å². The van der Waals surface area contributed by atoms with Gasteiger partial charge in [-0.2, -0.15) is 0 Å². The highest BCUT2D eigenvalue weighted by Crippen LogP contribution is 2.27. The topological polar surface area (TPSA) is 44.8 Å². The third-order valence-corrected chi connectivity index (χ3v) is 2.05. The fraction of sp³-hybridized carbons (Fsp3) is 0.364. The largest absolute Gasteiger partial charge is 0.392 e. The second-order valence-electron chi connectivity index (χ2n) is 3.67. The zero-order chi connectivity index (χ0) is 10.8. The summed E-state index contributed by atoms with van der Waals surface area (Å²) in [6, 6.07) is 4.92.